The molecule has 0 aliphatic heterocycles. The third-order valence-electron chi connectivity index (χ3n) is 3.48. The highest BCUT2D eigenvalue weighted by Crippen LogP contribution is 2.27. The van der Waals surface area contributed by atoms with Crippen LogP contribution < -0.4 is 0 Å². The number of esters is 1. The average molecular weight is 290 g/mol. The minimum Gasteiger partial charge on any atom is -0.469 e. The summed E-state index contributed by atoms with van der Waals surface area (Å²) in [6.45, 7) is 1.50. The molecular weight excluding hydrogens is 264 g/mol. The number of hydrogen-bond donors (Lipinski definition) is 1. The van der Waals surface area contributed by atoms with Crippen LogP contribution in [-0.4, -0.2) is 63.9 Å². The summed E-state index contributed by atoms with van der Waals surface area (Å²) in [5, 5.41) is 9.69. The number of aliphatic hydroxyl groups is 1. The Morgan fingerprint density at radius 2 is 1.85 bits per heavy atom. The number of carbonyl (C=O) groups excluding carboxylic acids is 1. The molecule has 0 heterocycles. The van der Waals surface area contributed by atoms with Crippen molar-refractivity contribution in [1.29, 1.82) is 0 Å². The van der Waals surface area contributed by atoms with Crippen molar-refractivity contribution in [2.24, 2.45) is 5.92 Å². The van der Waals surface area contributed by atoms with E-state index in [-0.39, 0.29) is 31.2 Å². The first-order valence-corrected chi connectivity index (χ1v) is 7.11. The lowest BCUT2D eigenvalue weighted by molar-refractivity contribution is -0.147. The van der Waals surface area contributed by atoms with Crippen LogP contribution in [0.1, 0.15) is 25.7 Å². The average Bonchev–Trinajstić information content (AvgIpc) is 2.49. The van der Waals surface area contributed by atoms with Crippen LogP contribution in [0.3, 0.4) is 0 Å². The van der Waals surface area contributed by atoms with Gasteiger partial charge in [-0.25, -0.2) is 0 Å². The molecule has 0 aromatic heterocycles. The first-order valence-electron chi connectivity index (χ1n) is 7.11. The zero-order valence-corrected chi connectivity index (χ0v) is 12.4. The molecule has 0 saturated heterocycles. The van der Waals surface area contributed by atoms with E-state index >= 15 is 0 Å². The highest BCUT2D eigenvalue weighted by molar-refractivity contribution is 5.72. The van der Waals surface area contributed by atoms with Gasteiger partial charge in [-0.3, -0.25) is 4.79 Å². The van der Waals surface area contributed by atoms with Gasteiger partial charge in [0.25, 0.3) is 0 Å². The van der Waals surface area contributed by atoms with Gasteiger partial charge in [-0.15, -0.1) is 0 Å². The highest BCUT2D eigenvalue weighted by atomic mass is 16.5. The van der Waals surface area contributed by atoms with E-state index < -0.39 is 6.10 Å². The summed E-state index contributed by atoms with van der Waals surface area (Å²) < 4.78 is 20.5. The fourth-order valence-corrected chi connectivity index (χ4v) is 2.29. The van der Waals surface area contributed by atoms with Gasteiger partial charge in [-0.05, 0) is 25.7 Å². The predicted molar refractivity (Wildman–Crippen MR) is 72.4 cm³/mol. The molecule has 1 saturated carbocycles. The first kappa shape index (κ1) is 17.4. The molecule has 1 unspecified atom stereocenters. The molecule has 1 rings (SSSR count). The number of methoxy groups -OCH3 is 2. The Kier molecular flexibility index (Phi) is 8.77. The molecule has 0 bridgehead atoms. The Labute approximate surface area is 120 Å². The van der Waals surface area contributed by atoms with E-state index in [1.54, 1.807) is 7.11 Å². The molecule has 0 aromatic rings. The van der Waals surface area contributed by atoms with Gasteiger partial charge in [0.15, 0.2) is 0 Å². The minimum atomic E-state index is -0.620. The monoisotopic (exact) mass is 290 g/mol. The summed E-state index contributed by atoms with van der Waals surface area (Å²) in [7, 11) is 3.03. The number of carbonyl (C=O) groups is 1. The van der Waals surface area contributed by atoms with Gasteiger partial charge < -0.3 is 24.1 Å². The number of hydrogen-bond acceptors (Lipinski definition) is 6. The topological polar surface area (TPSA) is 74.2 Å². The van der Waals surface area contributed by atoms with E-state index in [4.69, 9.17) is 18.9 Å². The molecule has 0 spiro atoms. The largest absolute Gasteiger partial charge is 0.469 e. The zero-order chi connectivity index (χ0) is 14.8. The summed E-state index contributed by atoms with van der Waals surface area (Å²) in [5.74, 6) is -0.128. The van der Waals surface area contributed by atoms with Crippen LogP contribution in [0.2, 0.25) is 0 Å². The molecule has 20 heavy (non-hydrogen) atoms. The van der Waals surface area contributed by atoms with Crippen molar-refractivity contribution in [1.82, 2.24) is 0 Å². The normalized spacial score (nSPS) is 24.4. The Morgan fingerprint density at radius 3 is 2.45 bits per heavy atom. The summed E-state index contributed by atoms with van der Waals surface area (Å²) in [4.78, 5) is 11.4. The SMILES string of the molecule is COCCOCC(O)COC1CCC(C(=O)OC)CC1. The second-order valence-corrected chi connectivity index (χ2v) is 5.05. The minimum absolute atomic E-state index is 0.00199. The number of rotatable bonds is 9. The molecule has 1 N–H and O–H groups in total. The van der Waals surface area contributed by atoms with Crippen molar-refractivity contribution in [2.45, 2.75) is 37.9 Å². The lowest BCUT2D eigenvalue weighted by Crippen LogP contribution is -2.30. The summed E-state index contributed by atoms with van der Waals surface area (Å²) in [6, 6.07) is 0. The van der Waals surface area contributed by atoms with Crippen molar-refractivity contribution >= 4 is 5.97 Å². The molecule has 1 atom stereocenters. The molecule has 1 fully saturated rings. The van der Waals surface area contributed by atoms with Crippen LogP contribution in [0.5, 0.6) is 0 Å². The van der Waals surface area contributed by atoms with Crippen LogP contribution in [-0.2, 0) is 23.7 Å². The predicted octanol–water partition coefficient (Wildman–Crippen LogP) is 0.759. The third kappa shape index (κ3) is 6.65. The summed E-state index contributed by atoms with van der Waals surface area (Å²) >= 11 is 0. The Bertz CT molecular complexity index is 262. The van der Waals surface area contributed by atoms with E-state index in [0.29, 0.717) is 13.2 Å². The first-order chi connectivity index (χ1) is 9.67. The summed E-state index contributed by atoms with van der Waals surface area (Å²) in [5.41, 5.74) is 0. The number of ether oxygens (including phenoxy) is 4. The van der Waals surface area contributed by atoms with Gasteiger partial charge >= 0.3 is 5.97 Å². The summed E-state index contributed by atoms with van der Waals surface area (Å²) in [6.07, 6.45) is 2.73. The molecule has 1 aliphatic carbocycles. The lowest BCUT2D eigenvalue weighted by Gasteiger charge is -2.27. The van der Waals surface area contributed by atoms with E-state index in [9.17, 15) is 9.90 Å². The highest BCUT2D eigenvalue weighted by Gasteiger charge is 2.27. The molecule has 0 amide bonds. The van der Waals surface area contributed by atoms with Crippen molar-refractivity contribution in [2.75, 3.05) is 40.6 Å². The van der Waals surface area contributed by atoms with Gasteiger partial charge in [0.05, 0.1) is 45.6 Å². The molecular formula is C14H26O6. The van der Waals surface area contributed by atoms with E-state index in [0.717, 1.165) is 25.7 Å². The van der Waals surface area contributed by atoms with Crippen molar-refractivity contribution in [3.05, 3.63) is 0 Å². The van der Waals surface area contributed by atoms with Crippen LogP contribution >= 0.6 is 0 Å². The molecule has 1 aliphatic rings. The van der Waals surface area contributed by atoms with Crippen molar-refractivity contribution in [3.63, 3.8) is 0 Å². The standard InChI is InChI=1S/C14H26O6/c1-17-7-8-19-9-12(15)10-20-13-5-3-11(4-6-13)14(16)18-2/h11-13,15H,3-10H2,1-2H3. The molecule has 0 aromatic carbocycles. The van der Waals surface area contributed by atoms with Gasteiger partial charge in [0.1, 0.15) is 6.10 Å². The lowest BCUT2D eigenvalue weighted by atomic mass is 9.87. The van der Waals surface area contributed by atoms with Gasteiger partial charge in [0.2, 0.25) is 0 Å². The molecule has 0 radical (unpaired) electrons. The van der Waals surface area contributed by atoms with Crippen LogP contribution in [0.15, 0.2) is 0 Å². The van der Waals surface area contributed by atoms with Crippen LogP contribution in [0.25, 0.3) is 0 Å². The second kappa shape index (κ2) is 10.1. The van der Waals surface area contributed by atoms with Crippen LogP contribution in [0.4, 0.5) is 0 Å². The maximum Gasteiger partial charge on any atom is 0.308 e. The number of aliphatic hydroxyl groups excluding tert-OH is 1. The molecule has 118 valence electrons. The Balaban J connectivity index is 2.07. The van der Waals surface area contributed by atoms with E-state index in [1.807, 2.05) is 0 Å². The third-order valence-corrected chi connectivity index (χ3v) is 3.48. The van der Waals surface area contributed by atoms with Crippen LogP contribution in [0, 0.1) is 5.92 Å². The van der Waals surface area contributed by atoms with Crippen molar-refractivity contribution < 1.29 is 28.8 Å². The fraction of sp³-hybridized carbons (Fsp3) is 0.929. The van der Waals surface area contributed by atoms with E-state index in [1.165, 1.54) is 7.11 Å². The molecule has 6 nitrogen and oxygen atoms in total. The Morgan fingerprint density at radius 1 is 1.15 bits per heavy atom. The van der Waals surface area contributed by atoms with Gasteiger partial charge in [-0.2, -0.15) is 0 Å². The quantitative estimate of drug-likeness (QED) is 0.499. The maximum absolute atomic E-state index is 11.4. The van der Waals surface area contributed by atoms with Crippen molar-refractivity contribution in [3.8, 4) is 0 Å². The van der Waals surface area contributed by atoms with Gasteiger partial charge in [0, 0.05) is 7.11 Å². The van der Waals surface area contributed by atoms with E-state index in [2.05, 4.69) is 0 Å². The maximum atomic E-state index is 11.4. The second-order valence-electron chi connectivity index (χ2n) is 5.05. The fourth-order valence-electron chi connectivity index (χ4n) is 2.29. The van der Waals surface area contributed by atoms with Gasteiger partial charge in [-0.1, -0.05) is 0 Å². The smallest absolute Gasteiger partial charge is 0.308 e. The Hall–Kier alpha value is -0.690. The zero-order valence-electron chi connectivity index (χ0n) is 12.4. The molecule has 6 heteroatoms.